The summed E-state index contributed by atoms with van der Waals surface area (Å²) in [6.45, 7) is 9.38. The summed E-state index contributed by atoms with van der Waals surface area (Å²) in [7, 11) is 0. The van der Waals surface area contributed by atoms with Gasteiger partial charge in [0.2, 0.25) is 0 Å². The van der Waals surface area contributed by atoms with E-state index in [-0.39, 0.29) is 0 Å². The zero-order valence-electron chi connectivity index (χ0n) is 21.6. The highest BCUT2D eigenvalue weighted by Gasteiger charge is 2.16. The highest BCUT2D eigenvalue weighted by Crippen LogP contribution is 2.29. The van der Waals surface area contributed by atoms with Crippen molar-refractivity contribution in [2.45, 2.75) is 104 Å². The predicted octanol–water partition coefficient (Wildman–Crippen LogP) is 8.98. The molecule has 0 fully saturated rings. The number of amidine groups is 1. The van der Waals surface area contributed by atoms with Crippen molar-refractivity contribution in [1.29, 1.82) is 5.41 Å². The van der Waals surface area contributed by atoms with Crippen LogP contribution >= 0.6 is 0 Å². The molecule has 0 amide bonds. The van der Waals surface area contributed by atoms with E-state index in [1.54, 1.807) is 0 Å². The number of nitrogens with one attached hydrogen (secondary N) is 1. The fourth-order valence-corrected chi connectivity index (χ4v) is 4.49. The maximum Gasteiger partial charge on any atom is 0.128 e. The molecule has 0 aliphatic heterocycles. The maximum atomic E-state index is 9.16. The summed E-state index contributed by atoms with van der Waals surface area (Å²) in [5, 5.41) is 11.4. The lowest BCUT2D eigenvalue weighted by atomic mass is 10.0. The van der Waals surface area contributed by atoms with Crippen molar-refractivity contribution in [2.24, 2.45) is 0 Å². The van der Waals surface area contributed by atoms with E-state index in [1.165, 1.54) is 77.0 Å². The summed E-state index contributed by atoms with van der Waals surface area (Å²) < 4.78 is 6.00. The largest absolute Gasteiger partial charge is 0.493 e. The van der Waals surface area contributed by atoms with Crippen LogP contribution in [0, 0.1) is 5.41 Å². The second kappa shape index (κ2) is 16.6. The summed E-state index contributed by atoms with van der Waals surface area (Å²) >= 11 is 0. The Balaban J connectivity index is 2.10. The van der Waals surface area contributed by atoms with Gasteiger partial charge in [-0.1, -0.05) is 109 Å². The number of benzene rings is 2. The van der Waals surface area contributed by atoms with Gasteiger partial charge in [-0.2, -0.15) is 0 Å². The Morgan fingerprint density at radius 1 is 0.667 bits per heavy atom. The molecule has 2 rings (SSSR count). The normalized spacial score (nSPS) is 11.1. The van der Waals surface area contributed by atoms with E-state index in [1.807, 2.05) is 0 Å². The van der Waals surface area contributed by atoms with Crippen molar-refractivity contribution in [3.63, 3.8) is 0 Å². The minimum atomic E-state index is 0.676. The Hall–Kier alpha value is -2.03. The van der Waals surface area contributed by atoms with Crippen LogP contribution in [0.2, 0.25) is 0 Å². The second-order valence-corrected chi connectivity index (χ2v) is 9.38. The smallest absolute Gasteiger partial charge is 0.128 e. The lowest BCUT2D eigenvalue weighted by Crippen LogP contribution is -2.33. The highest BCUT2D eigenvalue weighted by molar-refractivity contribution is 6.09. The number of fused-ring (bicyclic) bond motifs is 1. The Morgan fingerprint density at radius 3 is 1.79 bits per heavy atom. The molecule has 184 valence electrons. The van der Waals surface area contributed by atoms with Gasteiger partial charge < -0.3 is 9.64 Å². The maximum absolute atomic E-state index is 9.16. The van der Waals surface area contributed by atoms with E-state index in [0.717, 1.165) is 48.2 Å². The Kier molecular flexibility index (Phi) is 13.7. The van der Waals surface area contributed by atoms with Gasteiger partial charge in [0.05, 0.1) is 6.61 Å². The van der Waals surface area contributed by atoms with Crippen molar-refractivity contribution >= 4 is 16.6 Å². The number of nitrogens with zero attached hydrogens (tertiary/aromatic N) is 1. The summed E-state index contributed by atoms with van der Waals surface area (Å²) in [6.07, 6.45) is 16.5. The molecule has 0 saturated carbocycles. The zero-order valence-corrected chi connectivity index (χ0v) is 21.6. The van der Waals surface area contributed by atoms with E-state index in [9.17, 15) is 0 Å². The molecule has 2 aromatic carbocycles. The van der Waals surface area contributed by atoms with Crippen LogP contribution in [-0.2, 0) is 0 Å². The number of unbranched alkanes of at least 4 members (excludes halogenated alkanes) is 10. The fraction of sp³-hybridized carbons (Fsp3) is 0.633. The van der Waals surface area contributed by atoms with Crippen molar-refractivity contribution in [3.8, 4) is 5.75 Å². The second-order valence-electron chi connectivity index (χ2n) is 9.38. The Bertz CT molecular complexity index is 785. The van der Waals surface area contributed by atoms with Gasteiger partial charge in [0.25, 0.3) is 0 Å². The number of rotatable bonds is 18. The molecule has 3 nitrogen and oxygen atoms in total. The Morgan fingerprint density at radius 2 is 1.21 bits per heavy atom. The SMILES string of the molecule is CCCCCCCCN(CCCCCCCC)C(=N)c1ccc(OCCC)c2ccccc12. The van der Waals surface area contributed by atoms with Gasteiger partial charge in [-0.3, -0.25) is 5.41 Å². The molecule has 2 aromatic rings. The molecule has 0 aromatic heterocycles. The topological polar surface area (TPSA) is 36.3 Å². The van der Waals surface area contributed by atoms with E-state index in [0.29, 0.717) is 5.84 Å². The van der Waals surface area contributed by atoms with E-state index < -0.39 is 0 Å². The van der Waals surface area contributed by atoms with Crippen LogP contribution in [0.5, 0.6) is 5.75 Å². The lowest BCUT2D eigenvalue weighted by Gasteiger charge is -2.26. The van der Waals surface area contributed by atoms with Gasteiger partial charge in [-0.25, -0.2) is 0 Å². The third kappa shape index (κ3) is 9.39. The molecule has 0 atom stereocenters. The molecule has 1 N–H and O–H groups in total. The van der Waals surface area contributed by atoms with Crippen molar-refractivity contribution in [1.82, 2.24) is 4.90 Å². The predicted molar refractivity (Wildman–Crippen MR) is 145 cm³/mol. The monoisotopic (exact) mass is 452 g/mol. The average molecular weight is 453 g/mol. The Labute approximate surface area is 203 Å². The summed E-state index contributed by atoms with van der Waals surface area (Å²) in [5.41, 5.74) is 1.03. The quantitative estimate of drug-likeness (QED) is 0.139. The molecule has 0 radical (unpaired) electrons. The standard InChI is InChI=1S/C30H48N2O/c1-4-7-9-11-13-17-23-32(24-18-14-12-10-8-5-2)30(31)28-21-22-29(33-25-6-3)27-20-16-15-19-26(27)28/h15-16,19-22,31H,4-14,17-18,23-25H2,1-3H3. The van der Waals surface area contributed by atoms with Crippen LogP contribution in [0.4, 0.5) is 0 Å². The first-order valence-corrected chi connectivity index (χ1v) is 13.7. The van der Waals surface area contributed by atoms with Crippen LogP contribution in [0.25, 0.3) is 10.8 Å². The van der Waals surface area contributed by atoms with E-state index in [4.69, 9.17) is 10.1 Å². The molecule has 0 unspecified atom stereocenters. The molecule has 0 heterocycles. The molecule has 0 aliphatic rings. The van der Waals surface area contributed by atoms with E-state index in [2.05, 4.69) is 62.1 Å². The minimum Gasteiger partial charge on any atom is -0.493 e. The molecular weight excluding hydrogens is 404 g/mol. The highest BCUT2D eigenvalue weighted by atomic mass is 16.5. The summed E-state index contributed by atoms with van der Waals surface area (Å²) in [6, 6.07) is 12.6. The van der Waals surface area contributed by atoms with E-state index >= 15 is 0 Å². The molecular formula is C30H48N2O. The molecule has 0 aliphatic carbocycles. The fourth-order valence-electron chi connectivity index (χ4n) is 4.49. The first-order chi connectivity index (χ1) is 16.2. The van der Waals surface area contributed by atoms with Crippen molar-refractivity contribution < 1.29 is 4.74 Å². The molecule has 33 heavy (non-hydrogen) atoms. The van der Waals surface area contributed by atoms with Crippen LogP contribution < -0.4 is 4.74 Å². The van der Waals surface area contributed by atoms with Crippen LogP contribution in [0.1, 0.15) is 110 Å². The summed E-state index contributed by atoms with van der Waals surface area (Å²) in [4.78, 5) is 2.34. The minimum absolute atomic E-state index is 0.676. The van der Waals surface area contributed by atoms with Gasteiger partial charge in [-0.15, -0.1) is 0 Å². The molecule has 0 saturated heterocycles. The van der Waals surface area contributed by atoms with Crippen molar-refractivity contribution in [3.05, 3.63) is 42.0 Å². The first kappa shape index (κ1) is 27.2. The van der Waals surface area contributed by atoms with Gasteiger partial charge in [0.15, 0.2) is 0 Å². The molecule has 3 heteroatoms. The van der Waals surface area contributed by atoms with Gasteiger partial charge in [0, 0.05) is 24.0 Å². The van der Waals surface area contributed by atoms with Crippen LogP contribution in [0.3, 0.4) is 0 Å². The van der Waals surface area contributed by atoms with Crippen LogP contribution in [0.15, 0.2) is 36.4 Å². The number of ether oxygens (including phenoxy) is 1. The third-order valence-electron chi connectivity index (χ3n) is 6.48. The zero-order chi connectivity index (χ0) is 23.7. The molecule has 0 spiro atoms. The van der Waals surface area contributed by atoms with Gasteiger partial charge >= 0.3 is 0 Å². The van der Waals surface area contributed by atoms with Gasteiger partial charge in [-0.05, 0) is 36.8 Å². The van der Waals surface area contributed by atoms with Crippen molar-refractivity contribution in [2.75, 3.05) is 19.7 Å². The summed E-state index contributed by atoms with van der Waals surface area (Å²) in [5.74, 6) is 1.61. The van der Waals surface area contributed by atoms with Gasteiger partial charge in [0.1, 0.15) is 11.6 Å². The number of hydrogen-bond acceptors (Lipinski definition) is 2. The average Bonchev–Trinajstić information content (AvgIpc) is 2.85. The first-order valence-electron chi connectivity index (χ1n) is 13.7. The number of hydrogen-bond donors (Lipinski definition) is 1. The van der Waals surface area contributed by atoms with Crippen LogP contribution in [-0.4, -0.2) is 30.4 Å². The molecule has 0 bridgehead atoms. The lowest BCUT2D eigenvalue weighted by molar-refractivity contribution is 0.321. The third-order valence-corrected chi connectivity index (χ3v) is 6.48.